The Hall–Kier alpha value is 0.330. The van der Waals surface area contributed by atoms with Gasteiger partial charge in [0.2, 0.25) is 0 Å². The fourth-order valence-corrected chi connectivity index (χ4v) is 3.38. The molecule has 0 aliphatic heterocycles. The monoisotopic (exact) mass is 338 g/mol. The first-order valence-corrected chi connectivity index (χ1v) is 6.99. The van der Waals surface area contributed by atoms with Crippen LogP contribution in [-0.4, -0.2) is 5.78 Å². The van der Waals surface area contributed by atoms with Gasteiger partial charge in [-0.05, 0) is 50.8 Å². The van der Waals surface area contributed by atoms with Crippen LogP contribution in [0.25, 0.3) is 0 Å². The molecule has 1 rings (SSSR count). The molecule has 14 heavy (non-hydrogen) atoms. The molecule has 0 atom stereocenters. The van der Waals surface area contributed by atoms with Crippen molar-refractivity contribution in [2.45, 2.75) is 26.7 Å². The van der Waals surface area contributed by atoms with Crippen molar-refractivity contribution in [3.63, 3.8) is 0 Å². The summed E-state index contributed by atoms with van der Waals surface area (Å²) >= 11 is 8.29. The zero-order chi connectivity index (χ0) is 10.7. The summed E-state index contributed by atoms with van der Waals surface area (Å²) in [5.74, 6) is 0.443. The van der Waals surface area contributed by atoms with E-state index in [0.29, 0.717) is 0 Å². The Morgan fingerprint density at radius 2 is 2.00 bits per heavy atom. The fourth-order valence-electron chi connectivity index (χ4n) is 1.33. The Balaban J connectivity index is 2.88. The van der Waals surface area contributed by atoms with E-state index in [1.54, 1.807) is 0 Å². The molecule has 0 unspecified atom stereocenters. The second-order valence-electron chi connectivity index (χ2n) is 3.11. The summed E-state index contributed by atoms with van der Waals surface area (Å²) in [6.07, 6.45) is 1.84. The van der Waals surface area contributed by atoms with Crippen molar-refractivity contribution in [3.8, 4) is 0 Å². The molecule has 0 aromatic carbocycles. The van der Waals surface area contributed by atoms with Crippen molar-refractivity contribution in [1.29, 1.82) is 0 Å². The summed E-state index contributed by atoms with van der Waals surface area (Å²) in [7, 11) is 0. The molecule has 0 aliphatic carbocycles. The Morgan fingerprint density at radius 1 is 1.43 bits per heavy atom. The highest BCUT2D eigenvalue weighted by Gasteiger charge is 2.19. The SMILES string of the molecule is CCC(CC)C(=O)c1cc(Br)c(Br)s1. The first-order chi connectivity index (χ1) is 6.60. The number of Topliss-reactive ketones (excluding diaryl/α,β-unsaturated/α-hetero) is 1. The van der Waals surface area contributed by atoms with E-state index in [2.05, 4.69) is 45.7 Å². The molecule has 0 saturated heterocycles. The first kappa shape index (κ1) is 12.4. The molecule has 0 bridgehead atoms. The van der Waals surface area contributed by atoms with E-state index in [9.17, 15) is 4.79 Å². The van der Waals surface area contributed by atoms with Gasteiger partial charge < -0.3 is 0 Å². The van der Waals surface area contributed by atoms with Gasteiger partial charge in [0.05, 0.1) is 8.66 Å². The van der Waals surface area contributed by atoms with E-state index in [1.807, 2.05) is 6.07 Å². The van der Waals surface area contributed by atoms with Gasteiger partial charge in [0.1, 0.15) is 0 Å². The number of carbonyl (C=O) groups is 1. The number of hydrogen-bond acceptors (Lipinski definition) is 2. The Morgan fingerprint density at radius 3 is 2.36 bits per heavy atom. The van der Waals surface area contributed by atoms with Gasteiger partial charge in [-0.1, -0.05) is 13.8 Å². The molecular formula is C10H12Br2OS. The molecule has 1 aromatic heterocycles. The maximum absolute atomic E-state index is 11.9. The molecule has 1 aromatic rings. The van der Waals surface area contributed by atoms with Gasteiger partial charge in [0, 0.05) is 10.4 Å². The lowest BCUT2D eigenvalue weighted by Crippen LogP contribution is -2.11. The van der Waals surface area contributed by atoms with Gasteiger partial charge in [-0.3, -0.25) is 4.79 Å². The van der Waals surface area contributed by atoms with Gasteiger partial charge in [-0.2, -0.15) is 0 Å². The zero-order valence-electron chi connectivity index (χ0n) is 8.14. The third-order valence-electron chi connectivity index (χ3n) is 2.24. The molecule has 0 N–H and O–H groups in total. The molecule has 0 fully saturated rings. The van der Waals surface area contributed by atoms with Crippen LogP contribution in [-0.2, 0) is 0 Å². The third-order valence-corrected chi connectivity index (χ3v) is 5.52. The second kappa shape index (κ2) is 5.42. The fraction of sp³-hybridized carbons (Fsp3) is 0.500. The smallest absolute Gasteiger partial charge is 0.175 e. The van der Waals surface area contributed by atoms with Crippen LogP contribution in [0.3, 0.4) is 0 Å². The summed E-state index contributed by atoms with van der Waals surface area (Å²) < 4.78 is 1.96. The molecular weight excluding hydrogens is 328 g/mol. The van der Waals surface area contributed by atoms with Crippen LogP contribution in [0.4, 0.5) is 0 Å². The summed E-state index contributed by atoms with van der Waals surface area (Å²) in [4.78, 5) is 12.8. The lowest BCUT2D eigenvalue weighted by atomic mass is 9.97. The van der Waals surface area contributed by atoms with Crippen molar-refractivity contribution in [2.24, 2.45) is 5.92 Å². The van der Waals surface area contributed by atoms with Crippen molar-refractivity contribution >= 4 is 49.0 Å². The number of ketones is 1. The molecule has 78 valence electrons. The van der Waals surface area contributed by atoms with E-state index in [0.717, 1.165) is 26.0 Å². The largest absolute Gasteiger partial charge is 0.293 e. The minimum Gasteiger partial charge on any atom is -0.293 e. The molecule has 1 heterocycles. The molecule has 1 nitrogen and oxygen atoms in total. The highest BCUT2D eigenvalue weighted by atomic mass is 79.9. The normalized spacial score (nSPS) is 10.9. The minimum atomic E-state index is 0.174. The van der Waals surface area contributed by atoms with E-state index >= 15 is 0 Å². The predicted molar refractivity (Wildman–Crippen MR) is 68.1 cm³/mol. The van der Waals surface area contributed by atoms with Crippen LogP contribution in [0.1, 0.15) is 36.4 Å². The summed E-state index contributed by atoms with van der Waals surface area (Å²) in [5.41, 5.74) is 0. The summed E-state index contributed by atoms with van der Waals surface area (Å²) in [6, 6.07) is 1.90. The van der Waals surface area contributed by atoms with Crippen LogP contribution in [0.5, 0.6) is 0 Å². The molecule has 4 heteroatoms. The highest BCUT2D eigenvalue weighted by Crippen LogP contribution is 2.34. The number of carbonyl (C=O) groups excluding carboxylic acids is 1. The van der Waals surface area contributed by atoms with Gasteiger partial charge in [0.15, 0.2) is 5.78 Å². The summed E-state index contributed by atoms with van der Waals surface area (Å²) in [5, 5.41) is 0. The molecule has 0 spiro atoms. The number of halogens is 2. The molecule has 0 saturated carbocycles. The van der Waals surface area contributed by atoms with Crippen LogP contribution in [0.15, 0.2) is 14.3 Å². The Bertz CT molecular complexity index is 309. The minimum absolute atomic E-state index is 0.174. The van der Waals surface area contributed by atoms with E-state index < -0.39 is 0 Å². The van der Waals surface area contributed by atoms with E-state index in [-0.39, 0.29) is 11.7 Å². The van der Waals surface area contributed by atoms with Crippen LogP contribution >= 0.6 is 43.2 Å². The Labute approximate surface area is 105 Å². The molecule has 0 amide bonds. The number of rotatable bonds is 4. The topological polar surface area (TPSA) is 17.1 Å². The lowest BCUT2D eigenvalue weighted by Gasteiger charge is -2.08. The number of hydrogen-bond donors (Lipinski definition) is 0. The molecule has 0 radical (unpaired) electrons. The lowest BCUT2D eigenvalue weighted by molar-refractivity contribution is 0.0917. The maximum atomic E-state index is 11.9. The van der Waals surface area contributed by atoms with Crippen molar-refractivity contribution in [2.75, 3.05) is 0 Å². The van der Waals surface area contributed by atoms with Crippen molar-refractivity contribution in [1.82, 2.24) is 0 Å². The van der Waals surface area contributed by atoms with Gasteiger partial charge in [0.25, 0.3) is 0 Å². The second-order valence-corrected chi connectivity index (χ2v) is 6.33. The predicted octanol–water partition coefficient (Wildman–Crippen LogP) is 4.89. The van der Waals surface area contributed by atoms with Crippen LogP contribution in [0.2, 0.25) is 0 Å². The van der Waals surface area contributed by atoms with E-state index in [1.165, 1.54) is 11.3 Å². The molecule has 0 aliphatic rings. The van der Waals surface area contributed by atoms with Gasteiger partial charge >= 0.3 is 0 Å². The standard InChI is InChI=1S/C10H12Br2OS/c1-3-6(4-2)9(13)8-5-7(11)10(12)14-8/h5-6H,3-4H2,1-2H3. The first-order valence-electron chi connectivity index (χ1n) is 4.59. The maximum Gasteiger partial charge on any atom is 0.175 e. The summed E-state index contributed by atoms with van der Waals surface area (Å²) in [6.45, 7) is 4.12. The van der Waals surface area contributed by atoms with Crippen LogP contribution < -0.4 is 0 Å². The zero-order valence-corrected chi connectivity index (χ0v) is 12.1. The van der Waals surface area contributed by atoms with Crippen molar-refractivity contribution in [3.05, 3.63) is 19.2 Å². The average molecular weight is 340 g/mol. The quantitative estimate of drug-likeness (QED) is 0.713. The van der Waals surface area contributed by atoms with E-state index in [4.69, 9.17) is 0 Å². The van der Waals surface area contributed by atoms with Crippen molar-refractivity contribution < 1.29 is 4.79 Å². The highest BCUT2D eigenvalue weighted by molar-refractivity contribution is 9.13. The van der Waals surface area contributed by atoms with Gasteiger partial charge in [-0.15, -0.1) is 11.3 Å². The van der Waals surface area contributed by atoms with Crippen LogP contribution in [0, 0.1) is 5.92 Å². The van der Waals surface area contributed by atoms with Gasteiger partial charge in [-0.25, -0.2) is 0 Å². The Kier molecular flexibility index (Phi) is 4.80. The third kappa shape index (κ3) is 2.67. The average Bonchev–Trinajstić information content (AvgIpc) is 2.49. The number of thiophene rings is 1.